The van der Waals surface area contributed by atoms with E-state index in [-0.39, 0.29) is 10.8 Å². The van der Waals surface area contributed by atoms with Crippen molar-refractivity contribution in [2.75, 3.05) is 4.72 Å². The van der Waals surface area contributed by atoms with E-state index >= 15 is 0 Å². The van der Waals surface area contributed by atoms with Crippen molar-refractivity contribution in [1.82, 2.24) is 10.2 Å². The lowest BCUT2D eigenvalue weighted by Crippen LogP contribution is -2.19. The summed E-state index contributed by atoms with van der Waals surface area (Å²) < 4.78 is 65.1. The molecule has 0 aliphatic rings. The number of rotatable bonds is 3. The van der Waals surface area contributed by atoms with Crippen LogP contribution in [0.1, 0.15) is 11.1 Å². The SMILES string of the molecule is Cc1cn[nH]c1NS(=O)(=O)c1ccc(Cl)cc1C(F)(F)F. The Morgan fingerprint density at radius 1 is 1.33 bits per heavy atom. The second-order valence-electron chi connectivity index (χ2n) is 4.17. The molecule has 0 saturated heterocycles. The van der Waals surface area contributed by atoms with E-state index in [1.54, 1.807) is 6.92 Å². The highest BCUT2D eigenvalue weighted by Gasteiger charge is 2.37. The normalized spacial score (nSPS) is 12.4. The van der Waals surface area contributed by atoms with Crippen molar-refractivity contribution in [2.45, 2.75) is 18.0 Å². The number of nitrogens with one attached hydrogen (secondary N) is 2. The summed E-state index contributed by atoms with van der Waals surface area (Å²) in [7, 11) is -4.44. The highest BCUT2D eigenvalue weighted by atomic mass is 35.5. The van der Waals surface area contributed by atoms with Gasteiger partial charge in [0.15, 0.2) is 0 Å². The van der Waals surface area contributed by atoms with Gasteiger partial charge in [-0.1, -0.05) is 11.6 Å². The van der Waals surface area contributed by atoms with Crippen molar-refractivity contribution in [1.29, 1.82) is 0 Å². The fraction of sp³-hybridized carbons (Fsp3) is 0.182. The van der Waals surface area contributed by atoms with Gasteiger partial charge in [0.05, 0.1) is 16.7 Å². The average Bonchev–Trinajstić information content (AvgIpc) is 2.73. The third-order valence-corrected chi connectivity index (χ3v) is 4.24. The Bertz CT molecular complexity index is 771. The molecule has 0 saturated carbocycles. The Kier molecular flexibility index (Phi) is 3.89. The molecule has 2 rings (SSSR count). The van der Waals surface area contributed by atoms with Crippen LogP contribution in [0.25, 0.3) is 0 Å². The summed E-state index contributed by atoms with van der Waals surface area (Å²) in [5.74, 6) is -0.00178. The van der Waals surface area contributed by atoms with E-state index in [1.807, 2.05) is 4.72 Å². The molecule has 0 amide bonds. The predicted octanol–water partition coefficient (Wildman–Crippen LogP) is 3.19. The number of hydrogen-bond acceptors (Lipinski definition) is 3. The summed E-state index contributed by atoms with van der Waals surface area (Å²) in [5.41, 5.74) is -0.888. The van der Waals surface area contributed by atoms with Gasteiger partial charge in [-0.2, -0.15) is 18.3 Å². The van der Waals surface area contributed by atoms with Crippen LogP contribution in [-0.2, 0) is 16.2 Å². The van der Waals surface area contributed by atoms with E-state index in [9.17, 15) is 21.6 Å². The highest BCUT2D eigenvalue weighted by molar-refractivity contribution is 7.92. The maximum atomic E-state index is 12.9. The second-order valence-corrected chi connectivity index (χ2v) is 6.26. The third kappa shape index (κ3) is 3.30. The predicted molar refractivity (Wildman–Crippen MR) is 70.6 cm³/mol. The minimum atomic E-state index is -4.85. The number of benzene rings is 1. The summed E-state index contributed by atoms with van der Waals surface area (Å²) in [6.45, 7) is 1.55. The molecular formula is C11H9ClF3N3O2S. The maximum Gasteiger partial charge on any atom is 0.417 e. The maximum absolute atomic E-state index is 12.9. The van der Waals surface area contributed by atoms with Gasteiger partial charge in [0.25, 0.3) is 10.0 Å². The molecule has 0 aliphatic carbocycles. The van der Waals surface area contributed by atoms with Crippen molar-refractivity contribution in [3.8, 4) is 0 Å². The standard InChI is InChI=1S/C11H9ClF3N3O2S/c1-6-5-16-17-10(6)18-21(19,20)9-3-2-7(12)4-8(9)11(13,14)15/h2-5H,1H3,(H2,16,17,18). The van der Waals surface area contributed by atoms with Crippen LogP contribution in [0.5, 0.6) is 0 Å². The third-order valence-electron chi connectivity index (χ3n) is 2.60. The Morgan fingerprint density at radius 3 is 2.52 bits per heavy atom. The number of nitrogens with zero attached hydrogens (tertiary/aromatic N) is 1. The molecule has 2 aromatic rings. The monoisotopic (exact) mass is 339 g/mol. The molecule has 5 nitrogen and oxygen atoms in total. The number of aromatic nitrogens is 2. The van der Waals surface area contributed by atoms with Gasteiger partial charge in [0.1, 0.15) is 5.82 Å². The first kappa shape index (κ1) is 15.6. The molecule has 0 spiro atoms. The molecule has 1 heterocycles. The lowest BCUT2D eigenvalue weighted by molar-refractivity contribution is -0.139. The number of H-pyrrole nitrogens is 1. The minimum absolute atomic E-state index is 0.00178. The van der Waals surface area contributed by atoms with Gasteiger partial charge in [-0.3, -0.25) is 9.82 Å². The van der Waals surface area contributed by atoms with Crippen molar-refractivity contribution >= 4 is 27.4 Å². The molecule has 0 bridgehead atoms. The first-order valence-corrected chi connectivity index (χ1v) is 7.37. The smallest absolute Gasteiger partial charge is 0.263 e. The zero-order chi connectivity index (χ0) is 15.8. The van der Waals surface area contributed by atoms with Gasteiger partial charge in [-0.15, -0.1) is 0 Å². The molecule has 0 fully saturated rings. The largest absolute Gasteiger partial charge is 0.417 e. The van der Waals surface area contributed by atoms with Gasteiger partial charge in [-0.25, -0.2) is 8.42 Å². The van der Waals surface area contributed by atoms with E-state index in [0.29, 0.717) is 11.6 Å². The summed E-state index contributed by atoms with van der Waals surface area (Å²) in [6.07, 6.45) is -3.51. The number of aryl methyl sites for hydroxylation is 1. The molecule has 2 N–H and O–H groups in total. The molecule has 21 heavy (non-hydrogen) atoms. The Hall–Kier alpha value is -1.74. The first-order chi connectivity index (χ1) is 9.61. The van der Waals surface area contributed by atoms with E-state index in [2.05, 4.69) is 10.2 Å². The van der Waals surface area contributed by atoms with Crippen LogP contribution in [0.15, 0.2) is 29.3 Å². The number of hydrogen-bond donors (Lipinski definition) is 2. The van der Waals surface area contributed by atoms with Gasteiger partial charge in [-0.05, 0) is 25.1 Å². The van der Waals surface area contributed by atoms with E-state index in [0.717, 1.165) is 12.1 Å². The van der Waals surface area contributed by atoms with Crippen LogP contribution < -0.4 is 4.72 Å². The van der Waals surface area contributed by atoms with Crippen LogP contribution in [0.4, 0.5) is 19.0 Å². The fourth-order valence-corrected chi connectivity index (χ4v) is 3.07. The highest BCUT2D eigenvalue weighted by Crippen LogP contribution is 2.36. The molecule has 0 aliphatic heterocycles. The second kappa shape index (κ2) is 5.23. The molecule has 114 valence electrons. The van der Waals surface area contributed by atoms with Crippen molar-refractivity contribution in [3.05, 3.63) is 40.5 Å². The van der Waals surface area contributed by atoms with E-state index < -0.39 is 26.7 Å². The van der Waals surface area contributed by atoms with Crippen molar-refractivity contribution < 1.29 is 21.6 Å². The fourth-order valence-electron chi connectivity index (χ4n) is 1.60. The van der Waals surface area contributed by atoms with E-state index in [1.165, 1.54) is 6.20 Å². The molecule has 0 unspecified atom stereocenters. The van der Waals surface area contributed by atoms with Crippen LogP contribution >= 0.6 is 11.6 Å². The molecule has 1 aromatic heterocycles. The number of aromatic amines is 1. The number of sulfonamides is 1. The van der Waals surface area contributed by atoms with Crippen LogP contribution in [0.3, 0.4) is 0 Å². The topological polar surface area (TPSA) is 74.8 Å². The van der Waals surface area contributed by atoms with Crippen LogP contribution in [0, 0.1) is 6.92 Å². The molecule has 1 aromatic carbocycles. The zero-order valence-electron chi connectivity index (χ0n) is 10.5. The van der Waals surface area contributed by atoms with Gasteiger partial charge >= 0.3 is 6.18 Å². The summed E-state index contributed by atoms with van der Waals surface area (Å²) in [6, 6.07) is 2.44. The number of halogens is 4. The average molecular weight is 340 g/mol. The van der Waals surface area contributed by atoms with Gasteiger partial charge < -0.3 is 0 Å². The number of anilines is 1. The van der Waals surface area contributed by atoms with Gasteiger partial charge in [0, 0.05) is 10.6 Å². The Morgan fingerprint density at radius 2 is 2.00 bits per heavy atom. The minimum Gasteiger partial charge on any atom is -0.263 e. The van der Waals surface area contributed by atoms with Crippen LogP contribution in [0.2, 0.25) is 5.02 Å². The molecule has 10 heteroatoms. The van der Waals surface area contributed by atoms with E-state index in [4.69, 9.17) is 11.6 Å². The zero-order valence-corrected chi connectivity index (χ0v) is 12.1. The summed E-state index contributed by atoms with van der Waals surface area (Å²) >= 11 is 5.51. The first-order valence-electron chi connectivity index (χ1n) is 5.51. The molecule has 0 radical (unpaired) electrons. The molecule has 0 atom stereocenters. The summed E-state index contributed by atoms with van der Waals surface area (Å²) in [4.78, 5) is -0.909. The van der Waals surface area contributed by atoms with Crippen LogP contribution in [-0.4, -0.2) is 18.6 Å². The van der Waals surface area contributed by atoms with Crippen molar-refractivity contribution in [3.63, 3.8) is 0 Å². The molecular weight excluding hydrogens is 331 g/mol. The lowest BCUT2D eigenvalue weighted by atomic mass is 10.2. The number of alkyl halides is 3. The van der Waals surface area contributed by atoms with Crippen molar-refractivity contribution in [2.24, 2.45) is 0 Å². The quantitative estimate of drug-likeness (QED) is 0.901. The lowest BCUT2D eigenvalue weighted by Gasteiger charge is -2.14. The summed E-state index contributed by atoms with van der Waals surface area (Å²) in [5, 5.41) is 5.73. The van der Waals surface area contributed by atoms with Gasteiger partial charge in [0.2, 0.25) is 0 Å². The Labute approximate surface area is 123 Å². The Balaban J connectivity index is 2.53.